The van der Waals surface area contributed by atoms with E-state index in [0.717, 1.165) is 13.1 Å². The molecule has 30 heavy (non-hydrogen) atoms. The van der Waals surface area contributed by atoms with Gasteiger partial charge >= 0.3 is 0 Å². The first-order chi connectivity index (χ1) is 14.1. The van der Waals surface area contributed by atoms with Crippen molar-refractivity contribution in [1.82, 2.24) is 10.2 Å². The third kappa shape index (κ3) is 4.96. The normalized spacial score (nSPS) is 25.2. The number of primary amides is 1. The second-order valence-electron chi connectivity index (χ2n) is 8.65. The number of benzene rings is 1. The first-order valence-corrected chi connectivity index (χ1v) is 10.2. The minimum Gasteiger partial charge on any atom is -0.373 e. The number of anilines is 1. The molecule has 2 heterocycles. The number of hydrazone groups is 1. The van der Waals surface area contributed by atoms with Gasteiger partial charge in [0.1, 0.15) is 17.6 Å². The lowest BCUT2D eigenvalue weighted by Crippen LogP contribution is -2.59. The number of ether oxygens (including phenoxy) is 1. The summed E-state index contributed by atoms with van der Waals surface area (Å²) >= 11 is 0. The molecule has 0 aromatic heterocycles. The average Bonchev–Trinajstić information content (AvgIpc) is 3.12. The Hall–Kier alpha value is -2.52. The first-order valence-electron chi connectivity index (χ1n) is 10.2. The maximum Gasteiger partial charge on any atom is 0.267 e. The first kappa shape index (κ1) is 22.2. The molecule has 2 aliphatic heterocycles. The Morgan fingerprint density at radius 3 is 2.40 bits per heavy atom. The van der Waals surface area contributed by atoms with Crippen molar-refractivity contribution in [2.24, 2.45) is 10.8 Å². The molecule has 9 heteroatoms. The van der Waals surface area contributed by atoms with Crippen LogP contribution >= 0.6 is 0 Å². The molecule has 0 aliphatic carbocycles. The Morgan fingerprint density at radius 2 is 1.83 bits per heavy atom. The molecule has 2 amide bonds. The predicted octanol–water partition coefficient (Wildman–Crippen LogP) is 1.25. The average molecular weight is 420 g/mol. The van der Waals surface area contributed by atoms with Crippen molar-refractivity contribution in [3.8, 4) is 0 Å². The van der Waals surface area contributed by atoms with Crippen molar-refractivity contribution in [3.05, 3.63) is 30.1 Å². The molecule has 0 bridgehead atoms. The highest BCUT2D eigenvalue weighted by molar-refractivity contribution is 6.40. The minimum absolute atomic E-state index is 0.102. The van der Waals surface area contributed by atoms with Gasteiger partial charge in [0.25, 0.3) is 5.91 Å². The fourth-order valence-corrected chi connectivity index (χ4v) is 3.88. The third-order valence-electron chi connectivity index (χ3n) is 5.55. The molecule has 0 radical (unpaired) electrons. The zero-order valence-electron chi connectivity index (χ0n) is 17.9. The number of halogens is 1. The van der Waals surface area contributed by atoms with E-state index in [1.165, 1.54) is 29.3 Å². The van der Waals surface area contributed by atoms with Crippen molar-refractivity contribution in [3.63, 3.8) is 0 Å². The number of carbonyl (C=O) groups excluding carboxylic acids is 2. The summed E-state index contributed by atoms with van der Waals surface area (Å²) in [6.45, 7) is 10.2. The summed E-state index contributed by atoms with van der Waals surface area (Å²) in [5, 5.41) is 8.63. The van der Waals surface area contributed by atoms with E-state index >= 15 is 0 Å². The number of hydrogen-bond donors (Lipinski definition) is 2. The number of carbonyl (C=O) groups is 2. The molecular formula is C21H30FN5O3. The fraction of sp³-hybridized carbons (Fsp3) is 0.571. The van der Waals surface area contributed by atoms with Crippen LogP contribution in [0.1, 0.15) is 34.1 Å². The molecule has 3 rings (SSSR count). The van der Waals surface area contributed by atoms with Crippen LogP contribution < -0.4 is 16.1 Å². The number of nitrogens with one attached hydrogen (secondary N) is 1. The third-order valence-corrected chi connectivity index (χ3v) is 5.55. The molecule has 1 saturated heterocycles. The molecule has 0 saturated carbocycles. The highest BCUT2D eigenvalue weighted by atomic mass is 19.1. The van der Waals surface area contributed by atoms with Gasteiger partial charge in [-0.15, -0.1) is 0 Å². The smallest absolute Gasteiger partial charge is 0.267 e. The van der Waals surface area contributed by atoms with Gasteiger partial charge in [0.05, 0.1) is 17.9 Å². The largest absolute Gasteiger partial charge is 0.373 e. The van der Waals surface area contributed by atoms with E-state index in [-0.39, 0.29) is 35.8 Å². The standard InChI is InChI=1S/C21H30FN5O3/c1-13-10-26(11-14(2)30-13)21(3,4)12-24-20(29)17-9-18(19(23)28)27(25-17)16-7-5-15(22)6-8-16/h5-8,13-14,18H,9-12H2,1-4H3,(H2,23,28)(H,24,29)/t13-,14-,18-/m1/s1. The van der Waals surface area contributed by atoms with Crippen LogP contribution in [0, 0.1) is 5.82 Å². The second kappa shape index (κ2) is 8.69. The Bertz CT molecular complexity index is 816. The molecule has 1 aromatic rings. The van der Waals surface area contributed by atoms with E-state index in [0.29, 0.717) is 12.2 Å². The van der Waals surface area contributed by atoms with Gasteiger partial charge in [-0.2, -0.15) is 5.10 Å². The van der Waals surface area contributed by atoms with Crippen LogP contribution in [-0.4, -0.2) is 65.8 Å². The molecule has 1 fully saturated rings. The van der Waals surface area contributed by atoms with Crippen LogP contribution in [0.25, 0.3) is 0 Å². The van der Waals surface area contributed by atoms with Crippen LogP contribution in [0.5, 0.6) is 0 Å². The second-order valence-corrected chi connectivity index (χ2v) is 8.65. The fourth-order valence-electron chi connectivity index (χ4n) is 3.88. The van der Waals surface area contributed by atoms with Crippen molar-refractivity contribution in [2.75, 3.05) is 24.6 Å². The zero-order valence-corrected chi connectivity index (χ0v) is 17.9. The van der Waals surface area contributed by atoms with Crippen molar-refractivity contribution in [1.29, 1.82) is 0 Å². The Kier molecular flexibility index (Phi) is 6.42. The van der Waals surface area contributed by atoms with Crippen LogP contribution in [0.15, 0.2) is 29.4 Å². The monoisotopic (exact) mass is 419 g/mol. The van der Waals surface area contributed by atoms with E-state index in [9.17, 15) is 14.0 Å². The van der Waals surface area contributed by atoms with Gasteiger partial charge in [0.2, 0.25) is 5.91 Å². The Morgan fingerprint density at radius 1 is 1.23 bits per heavy atom. The lowest BCUT2D eigenvalue weighted by atomic mass is 9.99. The summed E-state index contributed by atoms with van der Waals surface area (Å²) in [5.74, 6) is -1.33. The quantitative estimate of drug-likeness (QED) is 0.723. The molecule has 2 aliphatic rings. The van der Waals surface area contributed by atoms with Crippen LogP contribution in [-0.2, 0) is 14.3 Å². The van der Waals surface area contributed by atoms with Gasteiger partial charge in [-0.3, -0.25) is 19.5 Å². The summed E-state index contributed by atoms with van der Waals surface area (Å²) in [6.07, 6.45) is 0.358. The zero-order chi connectivity index (χ0) is 22.1. The molecule has 1 aromatic carbocycles. The Balaban J connectivity index is 1.67. The van der Waals surface area contributed by atoms with Gasteiger partial charge in [-0.25, -0.2) is 4.39 Å². The number of amides is 2. The van der Waals surface area contributed by atoms with E-state index < -0.39 is 17.8 Å². The van der Waals surface area contributed by atoms with E-state index in [2.05, 4.69) is 29.2 Å². The minimum atomic E-state index is -0.787. The summed E-state index contributed by atoms with van der Waals surface area (Å²) in [5.41, 5.74) is 5.95. The van der Waals surface area contributed by atoms with E-state index in [4.69, 9.17) is 10.5 Å². The van der Waals surface area contributed by atoms with Gasteiger partial charge in [-0.05, 0) is 52.0 Å². The van der Waals surface area contributed by atoms with E-state index in [1.54, 1.807) is 0 Å². The summed E-state index contributed by atoms with van der Waals surface area (Å²) < 4.78 is 19.0. The van der Waals surface area contributed by atoms with Gasteiger partial charge < -0.3 is 15.8 Å². The Labute approximate surface area is 176 Å². The van der Waals surface area contributed by atoms with Gasteiger partial charge in [0.15, 0.2) is 0 Å². The highest BCUT2D eigenvalue weighted by Crippen LogP contribution is 2.25. The number of nitrogens with zero attached hydrogens (tertiary/aromatic N) is 3. The van der Waals surface area contributed by atoms with Crippen molar-refractivity contribution >= 4 is 23.2 Å². The molecule has 164 valence electrons. The van der Waals surface area contributed by atoms with Crippen LogP contribution in [0.4, 0.5) is 10.1 Å². The summed E-state index contributed by atoms with van der Waals surface area (Å²) in [6, 6.07) is 4.76. The van der Waals surface area contributed by atoms with E-state index in [1.807, 2.05) is 13.8 Å². The topological polar surface area (TPSA) is 100 Å². The van der Waals surface area contributed by atoms with Crippen molar-refractivity contribution in [2.45, 2.75) is 57.9 Å². The summed E-state index contributed by atoms with van der Waals surface area (Å²) in [4.78, 5) is 27.0. The molecule has 0 unspecified atom stereocenters. The number of hydrogen-bond acceptors (Lipinski definition) is 6. The van der Waals surface area contributed by atoms with Crippen LogP contribution in [0.3, 0.4) is 0 Å². The van der Waals surface area contributed by atoms with Crippen LogP contribution in [0.2, 0.25) is 0 Å². The molecular weight excluding hydrogens is 389 g/mol. The SMILES string of the molecule is C[C@@H]1CN(C(C)(C)CNC(=O)C2=NN(c3ccc(F)cc3)[C@@H](C(N)=O)C2)C[C@@H](C)O1. The molecule has 3 N–H and O–H groups in total. The number of nitrogens with two attached hydrogens (primary N) is 1. The lowest BCUT2D eigenvalue weighted by Gasteiger charge is -2.45. The molecule has 8 nitrogen and oxygen atoms in total. The molecule has 0 spiro atoms. The maximum atomic E-state index is 13.2. The summed E-state index contributed by atoms with van der Waals surface area (Å²) in [7, 11) is 0. The van der Waals surface area contributed by atoms with Gasteiger partial charge in [0, 0.05) is 31.6 Å². The molecule has 3 atom stereocenters. The predicted molar refractivity (Wildman–Crippen MR) is 113 cm³/mol. The van der Waals surface area contributed by atoms with Crippen molar-refractivity contribution < 1.29 is 18.7 Å². The number of morpholine rings is 1. The lowest BCUT2D eigenvalue weighted by molar-refractivity contribution is -0.119. The maximum absolute atomic E-state index is 13.2. The highest BCUT2D eigenvalue weighted by Gasteiger charge is 2.37. The number of rotatable bonds is 6. The van der Waals surface area contributed by atoms with Gasteiger partial charge in [-0.1, -0.05) is 0 Å².